The van der Waals surface area contributed by atoms with E-state index in [4.69, 9.17) is 14.0 Å². The number of hydrogen-bond acceptors (Lipinski definition) is 7. The van der Waals surface area contributed by atoms with Crippen molar-refractivity contribution in [1.29, 1.82) is 0 Å². The summed E-state index contributed by atoms with van der Waals surface area (Å²) in [5, 5.41) is 6.90. The van der Waals surface area contributed by atoms with E-state index in [9.17, 15) is 9.59 Å². The van der Waals surface area contributed by atoms with Gasteiger partial charge in [-0.2, -0.15) is 4.98 Å². The second-order valence-corrected chi connectivity index (χ2v) is 6.26. The summed E-state index contributed by atoms with van der Waals surface area (Å²) in [5.74, 6) is 1.06. The number of hydrogen-bond donors (Lipinski definition) is 1. The number of rotatable bonds is 6. The molecular weight excluding hydrogens is 364 g/mol. The summed E-state index contributed by atoms with van der Waals surface area (Å²) in [6.45, 7) is 5.14. The third kappa shape index (κ3) is 3.30. The SMILES string of the molecule is CC[C@@H](C(=O)Nc1cc(OC)ccc1OC)n1c(C)nc2onc(C)c2c1=O. The normalized spacial score (nSPS) is 12.0. The fraction of sp³-hybridized carbons (Fsp3) is 0.368. The number of aromatic nitrogens is 3. The summed E-state index contributed by atoms with van der Waals surface area (Å²) in [5.41, 5.74) is 0.694. The molecule has 0 saturated heterocycles. The van der Waals surface area contributed by atoms with Crippen molar-refractivity contribution < 1.29 is 18.8 Å². The molecule has 1 aromatic carbocycles. The van der Waals surface area contributed by atoms with E-state index in [2.05, 4.69) is 15.5 Å². The molecule has 3 aromatic rings. The number of methoxy groups -OCH3 is 2. The Hall–Kier alpha value is -3.36. The number of nitrogens with one attached hydrogen (secondary N) is 1. The number of ether oxygens (including phenoxy) is 2. The number of carbonyl (C=O) groups is 1. The second kappa shape index (κ2) is 7.71. The van der Waals surface area contributed by atoms with Crippen LogP contribution < -0.4 is 20.3 Å². The first-order chi connectivity index (χ1) is 13.4. The molecule has 3 rings (SSSR count). The Labute approximate surface area is 161 Å². The molecule has 9 heteroatoms. The van der Waals surface area contributed by atoms with Crippen molar-refractivity contribution in [3.05, 3.63) is 40.1 Å². The molecule has 0 bridgehead atoms. The number of benzene rings is 1. The van der Waals surface area contributed by atoms with Gasteiger partial charge in [0.2, 0.25) is 5.91 Å². The van der Waals surface area contributed by atoms with Crippen LogP contribution in [0.1, 0.15) is 30.9 Å². The van der Waals surface area contributed by atoms with Crippen molar-refractivity contribution in [1.82, 2.24) is 14.7 Å². The first kappa shape index (κ1) is 19.4. The maximum Gasteiger partial charge on any atom is 0.267 e. The molecule has 0 aliphatic rings. The number of amides is 1. The molecule has 9 nitrogen and oxygen atoms in total. The molecule has 148 valence electrons. The first-order valence-corrected chi connectivity index (χ1v) is 8.79. The van der Waals surface area contributed by atoms with Crippen LogP contribution in [0.3, 0.4) is 0 Å². The van der Waals surface area contributed by atoms with Gasteiger partial charge in [-0.05, 0) is 32.4 Å². The minimum absolute atomic E-state index is 0.168. The van der Waals surface area contributed by atoms with E-state index in [0.717, 1.165) is 0 Å². The zero-order chi connectivity index (χ0) is 20.4. The van der Waals surface area contributed by atoms with Gasteiger partial charge in [-0.25, -0.2) is 0 Å². The highest BCUT2D eigenvalue weighted by Crippen LogP contribution is 2.30. The molecule has 1 atom stereocenters. The molecule has 0 saturated carbocycles. The Morgan fingerprint density at radius 1 is 1.29 bits per heavy atom. The van der Waals surface area contributed by atoms with Crippen LogP contribution >= 0.6 is 0 Å². The lowest BCUT2D eigenvalue weighted by Gasteiger charge is -2.20. The highest BCUT2D eigenvalue weighted by molar-refractivity contribution is 5.95. The van der Waals surface area contributed by atoms with Crippen LogP contribution in [0.15, 0.2) is 27.5 Å². The summed E-state index contributed by atoms with van der Waals surface area (Å²) in [6.07, 6.45) is 0.385. The fourth-order valence-corrected chi connectivity index (χ4v) is 3.13. The van der Waals surface area contributed by atoms with Crippen LogP contribution in [0.25, 0.3) is 11.1 Å². The van der Waals surface area contributed by atoms with Crippen LogP contribution in [-0.2, 0) is 4.79 Å². The third-order valence-corrected chi connectivity index (χ3v) is 4.55. The predicted molar refractivity (Wildman–Crippen MR) is 103 cm³/mol. The maximum absolute atomic E-state index is 13.0. The van der Waals surface area contributed by atoms with Crippen molar-refractivity contribution >= 4 is 22.7 Å². The van der Waals surface area contributed by atoms with E-state index in [1.54, 1.807) is 32.0 Å². The molecule has 28 heavy (non-hydrogen) atoms. The van der Waals surface area contributed by atoms with Gasteiger partial charge in [0.15, 0.2) is 0 Å². The predicted octanol–water partition coefficient (Wildman–Crippen LogP) is 2.61. The Balaban J connectivity index is 2.03. The molecule has 0 spiro atoms. The lowest BCUT2D eigenvalue weighted by molar-refractivity contribution is -0.119. The van der Waals surface area contributed by atoms with Gasteiger partial charge in [0, 0.05) is 6.07 Å². The molecule has 0 aliphatic carbocycles. The summed E-state index contributed by atoms with van der Waals surface area (Å²) in [7, 11) is 3.04. The van der Waals surface area contributed by atoms with Crippen LogP contribution in [0.4, 0.5) is 5.69 Å². The number of nitrogens with zero attached hydrogens (tertiary/aromatic N) is 3. The van der Waals surface area contributed by atoms with E-state index in [1.807, 2.05) is 6.92 Å². The molecule has 0 aliphatic heterocycles. The Morgan fingerprint density at radius 2 is 2.04 bits per heavy atom. The molecular formula is C19H22N4O5. The molecule has 0 radical (unpaired) electrons. The van der Waals surface area contributed by atoms with Gasteiger partial charge in [0.05, 0.1) is 25.6 Å². The molecule has 2 aromatic heterocycles. The van der Waals surface area contributed by atoms with Crippen molar-refractivity contribution in [2.75, 3.05) is 19.5 Å². The van der Waals surface area contributed by atoms with Crippen molar-refractivity contribution in [2.45, 2.75) is 33.2 Å². The van der Waals surface area contributed by atoms with Crippen molar-refractivity contribution in [3.8, 4) is 11.5 Å². The summed E-state index contributed by atoms with van der Waals surface area (Å²) in [6, 6.07) is 4.31. The smallest absolute Gasteiger partial charge is 0.267 e. The fourth-order valence-electron chi connectivity index (χ4n) is 3.13. The van der Waals surface area contributed by atoms with E-state index in [-0.39, 0.29) is 22.6 Å². The van der Waals surface area contributed by atoms with Gasteiger partial charge in [0.1, 0.15) is 28.8 Å². The molecule has 0 unspecified atom stereocenters. The van der Waals surface area contributed by atoms with Gasteiger partial charge in [-0.1, -0.05) is 12.1 Å². The van der Waals surface area contributed by atoms with E-state index >= 15 is 0 Å². The molecule has 0 fully saturated rings. The zero-order valence-corrected chi connectivity index (χ0v) is 16.4. The monoisotopic (exact) mass is 386 g/mol. The number of fused-ring (bicyclic) bond motifs is 1. The minimum atomic E-state index is -0.769. The highest BCUT2D eigenvalue weighted by Gasteiger charge is 2.26. The first-order valence-electron chi connectivity index (χ1n) is 8.79. The van der Waals surface area contributed by atoms with Crippen molar-refractivity contribution in [3.63, 3.8) is 0 Å². The van der Waals surface area contributed by atoms with Gasteiger partial charge < -0.3 is 19.3 Å². The second-order valence-electron chi connectivity index (χ2n) is 6.26. The summed E-state index contributed by atoms with van der Waals surface area (Å²) >= 11 is 0. The van der Waals surface area contributed by atoms with Gasteiger partial charge in [0.25, 0.3) is 11.3 Å². The average Bonchev–Trinajstić information content (AvgIpc) is 3.05. The van der Waals surface area contributed by atoms with Gasteiger partial charge in [-0.15, -0.1) is 0 Å². The lowest BCUT2D eigenvalue weighted by Crippen LogP contribution is -2.35. The third-order valence-electron chi connectivity index (χ3n) is 4.55. The van der Waals surface area contributed by atoms with Gasteiger partial charge >= 0.3 is 0 Å². The summed E-state index contributed by atoms with van der Waals surface area (Å²) in [4.78, 5) is 30.3. The topological polar surface area (TPSA) is 108 Å². The lowest BCUT2D eigenvalue weighted by atomic mass is 10.1. The molecule has 1 N–H and O–H groups in total. The number of anilines is 1. The highest BCUT2D eigenvalue weighted by atomic mass is 16.5. The van der Waals surface area contributed by atoms with Crippen LogP contribution in [0.5, 0.6) is 11.5 Å². The molecule has 2 heterocycles. The summed E-state index contributed by atoms with van der Waals surface area (Å²) < 4.78 is 17.0. The van der Waals surface area contributed by atoms with E-state index in [0.29, 0.717) is 35.1 Å². The minimum Gasteiger partial charge on any atom is -0.497 e. The van der Waals surface area contributed by atoms with Crippen LogP contribution in [-0.4, -0.2) is 34.8 Å². The quantitative estimate of drug-likeness (QED) is 0.693. The average molecular weight is 386 g/mol. The van der Waals surface area contributed by atoms with Crippen molar-refractivity contribution in [2.24, 2.45) is 0 Å². The Morgan fingerprint density at radius 3 is 2.68 bits per heavy atom. The molecule has 1 amide bonds. The van der Waals surface area contributed by atoms with E-state index in [1.165, 1.54) is 18.8 Å². The van der Waals surface area contributed by atoms with Gasteiger partial charge in [-0.3, -0.25) is 14.2 Å². The largest absolute Gasteiger partial charge is 0.497 e. The van der Waals surface area contributed by atoms with E-state index < -0.39 is 6.04 Å². The van der Waals surface area contributed by atoms with Crippen LogP contribution in [0.2, 0.25) is 0 Å². The number of aryl methyl sites for hydroxylation is 2. The maximum atomic E-state index is 13.0. The van der Waals surface area contributed by atoms with Crippen LogP contribution in [0, 0.1) is 13.8 Å². The zero-order valence-electron chi connectivity index (χ0n) is 16.4. The number of carbonyl (C=O) groups excluding carboxylic acids is 1. The Kier molecular flexibility index (Phi) is 5.34. The Bertz CT molecular complexity index is 1090. The standard InChI is InChI=1S/C19H22N4O5/c1-6-14(17(24)21-13-9-12(26-4)7-8-15(13)27-5)23-11(3)20-18-16(19(23)25)10(2)22-28-18/h7-9,14H,6H2,1-5H3,(H,21,24)/t14-/m0/s1.